The molecule has 0 fully saturated rings. The summed E-state index contributed by atoms with van der Waals surface area (Å²) in [4.78, 5) is 21.9. The molecule has 24 heavy (non-hydrogen) atoms. The van der Waals surface area contributed by atoms with Gasteiger partial charge < -0.3 is 5.32 Å². The SMILES string of the molecule is O=C(CSc1ncnc2sccc12)N[C@@H]1CCCc2ccccc21. The molecule has 1 amide bonds. The van der Waals surface area contributed by atoms with Crippen molar-refractivity contribution in [1.82, 2.24) is 15.3 Å². The maximum atomic E-state index is 12.4. The first-order chi connectivity index (χ1) is 11.8. The number of aryl methyl sites for hydroxylation is 1. The Kier molecular flexibility index (Phi) is 4.49. The fourth-order valence-electron chi connectivity index (χ4n) is 3.16. The number of carbonyl (C=O) groups excluding carboxylic acids is 1. The summed E-state index contributed by atoms with van der Waals surface area (Å²) >= 11 is 3.07. The Hall–Kier alpha value is -1.92. The molecule has 3 aromatic rings. The number of rotatable bonds is 4. The number of thiophene rings is 1. The van der Waals surface area contributed by atoms with Gasteiger partial charge in [-0.1, -0.05) is 36.0 Å². The van der Waals surface area contributed by atoms with Crippen molar-refractivity contribution in [2.24, 2.45) is 0 Å². The predicted molar refractivity (Wildman–Crippen MR) is 98.4 cm³/mol. The fraction of sp³-hybridized carbons (Fsp3) is 0.278. The quantitative estimate of drug-likeness (QED) is 0.568. The lowest BCUT2D eigenvalue weighted by molar-refractivity contribution is -0.119. The number of hydrogen-bond acceptors (Lipinski definition) is 5. The van der Waals surface area contributed by atoms with Crippen molar-refractivity contribution >= 4 is 39.2 Å². The number of thioether (sulfide) groups is 1. The Morgan fingerprint density at radius 1 is 1.29 bits per heavy atom. The van der Waals surface area contributed by atoms with E-state index in [-0.39, 0.29) is 11.9 Å². The van der Waals surface area contributed by atoms with Gasteiger partial charge in [0.05, 0.1) is 11.8 Å². The normalized spacial score (nSPS) is 16.8. The number of fused-ring (bicyclic) bond motifs is 2. The highest BCUT2D eigenvalue weighted by molar-refractivity contribution is 8.00. The molecule has 122 valence electrons. The lowest BCUT2D eigenvalue weighted by Gasteiger charge is -2.26. The van der Waals surface area contributed by atoms with Crippen LogP contribution in [0.4, 0.5) is 0 Å². The maximum Gasteiger partial charge on any atom is 0.230 e. The molecular formula is C18H17N3OS2. The highest BCUT2D eigenvalue weighted by Crippen LogP contribution is 2.30. The van der Waals surface area contributed by atoms with Crippen LogP contribution in [0.5, 0.6) is 0 Å². The minimum atomic E-state index is 0.0590. The van der Waals surface area contributed by atoms with Gasteiger partial charge in [0, 0.05) is 5.39 Å². The molecule has 0 radical (unpaired) electrons. The van der Waals surface area contributed by atoms with Crippen molar-refractivity contribution in [3.05, 3.63) is 53.2 Å². The summed E-state index contributed by atoms with van der Waals surface area (Å²) < 4.78 is 0. The summed E-state index contributed by atoms with van der Waals surface area (Å²) in [7, 11) is 0. The van der Waals surface area contributed by atoms with Crippen LogP contribution >= 0.6 is 23.1 Å². The van der Waals surface area contributed by atoms with E-state index in [0.717, 1.165) is 34.5 Å². The molecule has 0 aliphatic heterocycles. The third-order valence-corrected chi connectivity index (χ3v) is 6.10. The van der Waals surface area contributed by atoms with Gasteiger partial charge in [0.25, 0.3) is 0 Å². The number of nitrogens with zero attached hydrogens (tertiary/aromatic N) is 2. The van der Waals surface area contributed by atoms with Gasteiger partial charge in [-0.25, -0.2) is 9.97 Å². The van der Waals surface area contributed by atoms with E-state index in [9.17, 15) is 4.79 Å². The molecule has 4 rings (SSSR count). The first-order valence-corrected chi connectivity index (χ1v) is 9.86. The maximum absolute atomic E-state index is 12.4. The number of amides is 1. The monoisotopic (exact) mass is 355 g/mol. The molecule has 0 bridgehead atoms. The number of nitrogens with one attached hydrogen (secondary N) is 1. The fourth-order valence-corrected chi connectivity index (χ4v) is 4.75. The van der Waals surface area contributed by atoms with Crippen molar-refractivity contribution < 1.29 is 4.79 Å². The van der Waals surface area contributed by atoms with E-state index in [4.69, 9.17) is 0 Å². The van der Waals surface area contributed by atoms with Crippen LogP contribution in [0, 0.1) is 0 Å². The van der Waals surface area contributed by atoms with Crippen LogP contribution in [0.25, 0.3) is 10.2 Å². The second kappa shape index (κ2) is 6.91. The summed E-state index contributed by atoms with van der Waals surface area (Å²) in [6, 6.07) is 10.6. The van der Waals surface area contributed by atoms with Crippen molar-refractivity contribution in [2.75, 3.05) is 5.75 Å². The summed E-state index contributed by atoms with van der Waals surface area (Å²) in [5.41, 5.74) is 2.63. The van der Waals surface area contributed by atoms with Gasteiger partial charge >= 0.3 is 0 Å². The summed E-state index contributed by atoms with van der Waals surface area (Å²) in [5, 5.41) is 7.10. The highest BCUT2D eigenvalue weighted by Gasteiger charge is 2.21. The molecule has 0 saturated carbocycles. The van der Waals surface area contributed by atoms with Crippen molar-refractivity contribution in [3.63, 3.8) is 0 Å². The van der Waals surface area contributed by atoms with E-state index < -0.39 is 0 Å². The van der Waals surface area contributed by atoms with E-state index in [1.807, 2.05) is 17.5 Å². The minimum Gasteiger partial charge on any atom is -0.349 e. The lowest BCUT2D eigenvalue weighted by Crippen LogP contribution is -2.32. The van der Waals surface area contributed by atoms with Crippen LogP contribution < -0.4 is 5.32 Å². The van der Waals surface area contributed by atoms with Crippen LogP contribution in [0.3, 0.4) is 0 Å². The second-order valence-electron chi connectivity index (χ2n) is 5.82. The first-order valence-electron chi connectivity index (χ1n) is 7.99. The molecule has 2 aromatic heterocycles. The average Bonchev–Trinajstić information content (AvgIpc) is 3.09. The van der Waals surface area contributed by atoms with Crippen LogP contribution in [0.1, 0.15) is 30.0 Å². The van der Waals surface area contributed by atoms with Gasteiger partial charge in [0.1, 0.15) is 16.2 Å². The lowest BCUT2D eigenvalue weighted by atomic mass is 9.88. The van der Waals surface area contributed by atoms with Gasteiger partial charge in [-0.3, -0.25) is 4.79 Å². The van der Waals surface area contributed by atoms with E-state index in [1.165, 1.54) is 22.9 Å². The standard InChI is InChI=1S/C18H17N3OS2/c22-16(10-24-18-14-8-9-23-17(14)19-11-20-18)21-15-7-3-5-12-4-1-2-6-13(12)15/h1-2,4,6,8-9,11,15H,3,5,7,10H2,(H,21,22)/t15-/m1/s1. The molecule has 1 aliphatic rings. The zero-order valence-electron chi connectivity index (χ0n) is 13.1. The third-order valence-electron chi connectivity index (χ3n) is 4.27. The number of benzene rings is 1. The average molecular weight is 355 g/mol. The molecule has 0 spiro atoms. The molecule has 1 atom stereocenters. The number of carbonyl (C=O) groups is 1. The van der Waals surface area contributed by atoms with E-state index in [1.54, 1.807) is 17.7 Å². The Labute approximate surface area is 148 Å². The van der Waals surface area contributed by atoms with E-state index >= 15 is 0 Å². The van der Waals surface area contributed by atoms with Crippen LogP contribution in [-0.2, 0) is 11.2 Å². The van der Waals surface area contributed by atoms with Gasteiger partial charge in [-0.15, -0.1) is 11.3 Å². The topological polar surface area (TPSA) is 54.9 Å². The van der Waals surface area contributed by atoms with Crippen LogP contribution in [0.15, 0.2) is 47.1 Å². The molecule has 1 N–H and O–H groups in total. The number of hydrogen-bond donors (Lipinski definition) is 1. The van der Waals surface area contributed by atoms with Gasteiger partial charge in [0.2, 0.25) is 5.91 Å². The Morgan fingerprint density at radius 3 is 3.17 bits per heavy atom. The molecule has 4 nitrogen and oxygen atoms in total. The molecule has 1 aliphatic carbocycles. The van der Waals surface area contributed by atoms with Gasteiger partial charge in [-0.05, 0) is 41.8 Å². The zero-order valence-corrected chi connectivity index (χ0v) is 14.7. The second-order valence-corrected chi connectivity index (χ2v) is 7.68. The molecule has 0 saturated heterocycles. The van der Waals surface area contributed by atoms with Gasteiger partial charge in [-0.2, -0.15) is 0 Å². The minimum absolute atomic E-state index is 0.0590. The predicted octanol–water partition coefficient (Wildman–Crippen LogP) is 3.98. The highest BCUT2D eigenvalue weighted by atomic mass is 32.2. The summed E-state index contributed by atoms with van der Waals surface area (Å²) in [5.74, 6) is 0.435. The number of aromatic nitrogens is 2. The zero-order chi connectivity index (χ0) is 16.4. The first kappa shape index (κ1) is 15.6. The van der Waals surface area contributed by atoms with Crippen LogP contribution in [0.2, 0.25) is 0 Å². The molecule has 6 heteroatoms. The van der Waals surface area contributed by atoms with Crippen molar-refractivity contribution in [1.29, 1.82) is 0 Å². The molecule has 0 unspecified atom stereocenters. The van der Waals surface area contributed by atoms with Crippen molar-refractivity contribution in [3.8, 4) is 0 Å². The van der Waals surface area contributed by atoms with Crippen molar-refractivity contribution in [2.45, 2.75) is 30.3 Å². The molecular weight excluding hydrogens is 338 g/mol. The van der Waals surface area contributed by atoms with Gasteiger partial charge in [0.15, 0.2) is 0 Å². The molecule has 2 heterocycles. The third kappa shape index (κ3) is 3.16. The smallest absolute Gasteiger partial charge is 0.230 e. The summed E-state index contributed by atoms with van der Waals surface area (Å²) in [6.07, 6.45) is 4.80. The van der Waals surface area contributed by atoms with E-state index in [0.29, 0.717) is 5.75 Å². The summed E-state index contributed by atoms with van der Waals surface area (Å²) in [6.45, 7) is 0. The largest absolute Gasteiger partial charge is 0.349 e. The van der Waals surface area contributed by atoms with Crippen LogP contribution in [-0.4, -0.2) is 21.6 Å². The molecule has 1 aromatic carbocycles. The Bertz CT molecular complexity index is 877. The Balaban J connectivity index is 1.42. The van der Waals surface area contributed by atoms with E-state index in [2.05, 4.69) is 33.5 Å². The Morgan fingerprint density at radius 2 is 2.21 bits per heavy atom.